The summed E-state index contributed by atoms with van der Waals surface area (Å²) in [4.78, 5) is 14.4. The number of amides is 1. The van der Waals surface area contributed by atoms with Crippen molar-refractivity contribution in [3.63, 3.8) is 0 Å². The predicted octanol–water partition coefficient (Wildman–Crippen LogP) is 11.3. The van der Waals surface area contributed by atoms with Gasteiger partial charge in [0.05, 0.1) is 12.7 Å². The third-order valence-corrected chi connectivity index (χ3v) is 9.04. The van der Waals surface area contributed by atoms with Crippen molar-refractivity contribution >= 4 is 5.91 Å². The number of nitrogens with zero attached hydrogens (tertiary/aromatic N) is 1. The van der Waals surface area contributed by atoms with Gasteiger partial charge < -0.3 is 15.1 Å². The lowest BCUT2D eigenvalue weighted by Crippen LogP contribution is -2.39. The van der Waals surface area contributed by atoms with Crippen LogP contribution in [-0.4, -0.2) is 46.8 Å². The number of hydrogen-bond donors (Lipinski definition) is 2. The van der Waals surface area contributed by atoms with E-state index in [0.717, 1.165) is 25.7 Å². The molecule has 0 aromatic carbocycles. The Balaban J connectivity index is 3.62. The van der Waals surface area contributed by atoms with Crippen LogP contribution in [-0.2, 0) is 4.79 Å². The molecule has 1 unspecified atom stereocenters. The molecule has 0 aliphatic rings. The van der Waals surface area contributed by atoms with Gasteiger partial charge in [0.2, 0.25) is 5.91 Å². The highest BCUT2D eigenvalue weighted by atomic mass is 16.3. The molecule has 2 N–H and O–H groups in total. The van der Waals surface area contributed by atoms with Crippen molar-refractivity contribution in [3.8, 4) is 0 Å². The first-order valence-electron chi connectivity index (χ1n) is 19.2. The first-order valence-corrected chi connectivity index (χ1v) is 19.2. The number of aliphatic hydroxyl groups is 2. The van der Waals surface area contributed by atoms with Gasteiger partial charge in [0, 0.05) is 19.5 Å². The normalized spacial score (nSPS) is 12.2. The highest BCUT2D eigenvalue weighted by Gasteiger charge is 2.16. The minimum absolute atomic E-state index is 0.0316. The molecule has 1 atom stereocenters. The van der Waals surface area contributed by atoms with E-state index in [-0.39, 0.29) is 12.5 Å². The summed E-state index contributed by atoms with van der Waals surface area (Å²) in [6.07, 6.45) is 39.3. The Morgan fingerprint density at radius 2 is 0.810 bits per heavy atom. The summed E-state index contributed by atoms with van der Waals surface area (Å²) in [5, 5.41) is 20.0. The summed E-state index contributed by atoms with van der Waals surface area (Å²) < 4.78 is 0. The van der Waals surface area contributed by atoms with Crippen LogP contribution in [0.2, 0.25) is 0 Å². The van der Waals surface area contributed by atoms with E-state index >= 15 is 0 Å². The summed E-state index contributed by atoms with van der Waals surface area (Å²) in [5.41, 5.74) is 0. The minimum atomic E-state index is -0.473. The summed E-state index contributed by atoms with van der Waals surface area (Å²) in [6.45, 7) is 5.24. The fourth-order valence-electron chi connectivity index (χ4n) is 6.16. The molecule has 0 bridgehead atoms. The lowest BCUT2D eigenvalue weighted by molar-refractivity contribution is -0.133. The Bertz CT molecular complexity index is 526. The number of rotatable bonds is 35. The van der Waals surface area contributed by atoms with Crippen LogP contribution in [0.4, 0.5) is 0 Å². The first-order chi connectivity index (χ1) is 20.7. The van der Waals surface area contributed by atoms with Crippen LogP contribution >= 0.6 is 0 Å². The maximum atomic E-state index is 12.7. The zero-order chi connectivity index (χ0) is 30.8. The quantitative estimate of drug-likeness (QED) is 0.0716. The Labute approximate surface area is 264 Å². The van der Waals surface area contributed by atoms with Crippen molar-refractivity contribution in [1.82, 2.24) is 4.90 Å². The highest BCUT2D eigenvalue weighted by Crippen LogP contribution is 2.16. The van der Waals surface area contributed by atoms with Crippen LogP contribution < -0.4 is 0 Å². The van der Waals surface area contributed by atoms with Gasteiger partial charge in [0.15, 0.2) is 0 Å². The van der Waals surface area contributed by atoms with Gasteiger partial charge in [-0.1, -0.05) is 194 Å². The molecule has 1 amide bonds. The Hall–Kier alpha value is -0.610. The molecule has 0 aliphatic heterocycles. The standard InChI is InChI=1S/C38H77NO3/c1-3-5-7-9-11-13-15-17-18-19-21-22-24-26-28-30-32-37(41)36-39(34-35-40)38(42)33-31-29-27-25-23-20-16-14-12-10-8-6-4-2/h37,40-41H,3-36H2,1-2H3. The third-order valence-electron chi connectivity index (χ3n) is 9.04. The number of hydrogen-bond acceptors (Lipinski definition) is 3. The molecule has 0 rings (SSSR count). The van der Waals surface area contributed by atoms with Gasteiger partial charge in [-0.15, -0.1) is 0 Å². The van der Waals surface area contributed by atoms with E-state index in [1.54, 1.807) is 4.90 Å². The largest absolute Gasteiger partial charge is 0.395 e. The van der Waals surface area contributed by atoms with E-state index in [0.29, 0.717) is 19.5 Å². The monoisotopic (exact) mass is 596 g/mol. The van der Waals surface area contributed by atoms with Crippen molar-refractivity contribution in [2.24, 2.45) is 0 Å². The van der Waals surface area contributed by atoms with Crippen LogP contribution in [0.25, 0.3) is 0 Å². The molecular weight excluding hydrogens is 518 g/mol. The molecule has 252 valence electrons. The van der Waals surface area contributed by atoms with E-state index in [9.17, 15) is 15.0 Å². The van der Waals surface area contributed by atoms with Crippen LogP contribution in [0.3, 0.4) is 0 Å². The van der Waals surface area contributed by atoms with Gasteiger partial charge in [-0.3, -0.25) is 4.79 Å². The van der Waals surface area contributed by atoms with Crippen LogP contribution in [0.5, 0.6) is 0 Å². The average molecular weight is 596 g/mol. The molecule has 4 nitrogen and oxygen atoms in total. The van der Waals surface area contributed by atoms with Gasteiger partial charge in [-0.25, -0.2) is 0 Å². The van der Waals surface area contributed by atoms with E-state index in [1.807, 2.05) is 0 Å². The van der Waals surface area contributed by atoms with Crippen LogP contribution in [0.1, 0.15) is 213 Å². The molecule has 0 fully saturated rings. The van der Waals surface area contributed by atoms with Gasteiger partial charge in [0.25, 0.3) is 0 Å². The number of aliphatic hydroxyl groups excluding tert-OH is 2. The first kappa shape index (κ1) is 41.4. The maximum Gasteiger partial charge on any atom is 0.222 e. The van der Waals surface area contributed by atoms with Crippen LogP contribution in [0.15, 0.2) is 0 Å². The molecule has 0 saturated carbocycles. The molecule has 0 aliphatic carbocycles. The minimum Gasteiger partial charge on any atom is -0.395 e. The van der Waals surface area contributed by atoms with E-state index < -0.39 is 6.10 Å². The second-order valence-corrected chi connectivity index (χ2v) is 13.3. The maximum absolute atomic E-state index is 12.7. The predicted molar refractivity (Wildman–Crippen MR) is 184 cm³/mol. The third kappa shape index (κ3) is 30.8. The fourth-order valence-corrected chi connectivity index (χ4v) is 6.16. The molecular formula is C38H77NO3. The van der Waals surface area contributed by atoms with Crippen molar-refractivity contribution < 1.29 is 15.0 Å². The Kier molecular flexibility index (Phi) is 34.4. The van der Waals surface area contributed by atoms with Crippen LogP contribution in [0, 0.1) is 0 Å². The zero-order valence-corrected chi connectivity index (χ0v) is 28.9. The SMILES string of the molecule is CCCCCCCCCCCCCCCCCCC(O)CN(CCO)C(=O)CCCCCCCCCCCCCCC. The fraction of sp³-hybridized carbons (Fsp3) is 0.974. The smallest absolute Gasteiger partial charge is 0.222 e. The van der Waals surface area contributed by atoms with Crippen molar-refractivity contribution in [1.29, 1.82) is 0 Å². The molecule has 0 heterocycles. The second-order valence-electron chi connectivity index (χ2n) is 13.3. The molecule has 4 heteroatoms. The van der Waals surface area contributed by atoms with Gasteiger partial charge >= 0.3 is 0 Å². The van der Waals surface area contributed by atoms with Gasteiger partial charge in [0.1, 0.15) is 0 Å². The topological polar surface area (TPSA) is 60.8 Å². The lowest BCUT2D eigenvalue weighted by Gasteiger charge is -2.25. The van der Waals surface area contributed by atoms with Gasteiger partial charge in [-0.2, -0.15) is 0 Å². The van der Waals surface area contributed by atoms with Crippen molar-refractivity contribution in [3.05, 3.63) is 0 Å². The molecule has 0 aromatic heterocycles. The highest BCUT2D eigenvalue weighted by molar-refractivity contribution is 5.76. The summed E-state index contributed by atoms with van der Waals surface area (Å²) in [7, 11) is 0. The second kappa shape index (κ2) is 34.9. The zero-order valence-electron chi connectivity index (χ0n) is 28.9. The summed E-state index contributed by atoms with van der Waals surface area (Å²) >= 11 is 0. The Morgan fingerprint density at radius 1 is 0.500 bits per heavy atom. The molecule has 0 spiro atoms. The van der Waals surface area contributed by atoms with Gasteiger partial charge in [-0.05, 0) is 12.8 Å². The Morgan fingerprint density at radius 3 is 1.14 bits per heavy atom. The summed E-state index contributed by atoms with van der Waals surface area (Å²) in [5.74, 6) is 0.0955. The molecule has 42 heavy (non-hydrogen) atoms. The molecule has 0 aromatic rings. The van der Waals surface area contributed by atoms with E-state index in [2.05, 4.69) is 13.8 Å². The molecule has 0 saturated heterocycles. The van der Waals surface area contributed by atoms with Crippen molar-refractivity contribution in [2.45, 2.75) is 219 Å². The molecule has 0 radical (unpaired) electrons. The summed E-state index contributed by atoms with van der Waals surface area (Å²) in [6, 6.07) is 0. The number of carbonyl (C=O) groups excluding carboxylic acids is 1. The lowest BCUT2D eigenvalue weighted by atomic mass is 10.0. The average Bonchev–Trinajstić information content (AvgIpc) is 2.99. The number of carbonyl (C=O) groups is 1. The van der Waals surface area contributed by atoms with E-state index in [4.69, 9.17) is 0 Å². The van der Waals surface area contributed by atoms with Crippen molar-refractivity contribution in [2.75, 3.05) is 19.7 Å². The number of unbranched alkanes of at least 4 members (excludes halogenated alkanes) is 27. The van der Waals surface area contributed by atoms with E-state index in [1.165, 1.54) is 167 Å².